The molecule has 1 heterocycles. The zero-order chi connectivity index (χ0) is 10.5. The highest BCUT2D eigenvalue weighted by Crippen LogP contribution is 2.34. The summed E-state index contributed by atoms with van der Waals surface area (Å²) in [5, 5.41) is 2.79. The fraction of sp³-hybridized carbons (Fsp3) is 0.667. The van der Waals surface area contributed by atoms with Gasteiger partial charge < -0.3 is 5.73 Å². The van der Waals surface area contributed by atoms with Crippen molar-refractivity contribution in [1.82, 2.24) is 0 Å². The highest BCUT2D eigenvalue weighted by molar-refractivity contribution is 8.01. The van der Waals surface area contributed by atoms with Crippen LogP contribution in [-0.4, -0.2) is 11.3 Å². The van der Waals surface area contributed by atoms with Crippen LogP contribution in [0.15, 0.2) is 21.7 Å². The van der Waals surface area contributed by atoms with Crippen molar-refractivity contribution in [1.29, 1.82) is 0 Å². The highest BCUT2D eigenvalue weighted by atomic mass is 32.2. The molecule has 0 aromatic carbocycles. The van der Waals surface area contributed by atoms with E-state index in [9.17, 15) is 0 Å². The lowest BCUT2D eigenvalue weighted by molar-refractivity contribution is 0.463. The van der Waals surface area contributed by atoms with E-state index in [0.29, 0.717) is 11.3 Å². The van der Waals surface area contributed by atoms with Crippen LogP contribution in [0.1, 0.15) is 38.5 Å². The maximum absolute atomic E-state index is 6.25. The van der Waals surface area contributed by atoms with E-state index >= 15 is 0 Å². The van der Waals surface area contributed by atoms with Crippen molar-refractivity contribution in [2.24, 2.45) is 5.73 Å². The second-order valence-corrected chi connectivity index (χ2v) is 6.73. The quantitative estimate of drug-likeness (QED) is 0.850. The van der Waals surface area contributed by atoms with Crippen LogP contribution in [0.3, 0.4) is 0 Å². The molecule has 1 nitrogen and oxygen atoms in total. The zero-order valence-electron chi connectivity index (χ0n) is 9.02. The van der Waals surface area contributed by atoms with Gasteiger partial charge in [-0.15, -0.1) is 23.1 Å². The minimum Gasteiger partial charge on any atom is -0.327 e. The molecule has 84 valence electrons. The molecule has 1 aliphatic rings. The Morgan fingerprint density at radius 2 is 2.00 bits per heavy atom. The zero-order valence-corrected chi connectivity index (χ0v) is 10.7. The summed E-state index contributed by atoms with van der Waals surface area (Å²) >= 11 is 3.83. The van der Waals surface area contributed by atoms with Gasteiger partial charge in [0, 0.05) is 11.3 Å². The molecule has 15 heavy (non-hydrogen) atoms. The molecule has 0 bridgehead atoms. The maximum Gasteiger partial charge on any atom is 0.0601 e. The van der Waals surface area contributed by atoms with E-state index in [-0.39, 0.29) is 0 Å². The van der Waals surface area contributed by atoms with E-state index < -0.39 is 0 Å². The molecule has 1 fully saturated rings. The van der Waals surface area contributed by atoms with Gasteiger partial charge in [0.1, 0.15) is 0 Å². The van der Waals surface area contributed by atoms with Crippen molar-refractivity contribution < 1.29 is 0 Å². The Morgan fingerprint density at radius 3 is 2.73 bits per heavy atom. The molecule has 3 heteroatoms. The Balaban J connectivity index is 1.92. The summed E-state index contributed by atoms with van der Waals surface area (Å²) < 4.78 is 1.43. The van der Waals surface area contributed by atoms with E-state index in [1.54, 1.807) is 0 Å². The van der Waals surface area contributed by atoms with Gasteiger partial charge in [0.25, 0.3) is 0 Å². The first-order valence-corrected chi connectivity index (χ1v) is 7.58. The van der Waals surface area contributed by atoms with Gasteiger partial charge in [-0.3, -0.25) is 0 Å². The Morgan fingerprint density at radius 1 is 1.20 bits per heavy atom. The molecule has 2 atom stereocenters. The van der Waals surface area contributed by atoms with Gasteiger partial charge in [-0.2, -0.15) is 0 Å². The normalized spacial score (nSPS) is 28.3. The SMILES string of the molecule is NC1CCCCCCC1Sc1cccs1. The molecular formula is C12H19NS2. The predicted octanol–water partition coefficient (Wildman–Crippen LogP) is 3.89. The van der Waals surface area contributed by atoms with Crippen LogP contribution < -0.4 is 5.73 Å². The van der Waals surface area contributed by atoms with Gasteiger partial charge in [0.05, 0.1) is 4.21 Å². The van der Waals surface area contributed by atoms with Crippen molar-refractivity contribution in [3.8, 4) is 0 Å². The summed E-state index contributed by atoms with van der Waals surface area (Å²) in [6.07, 6.45) is 7.96. The first kappa shape index (κ1) is 11.5. The first-order chi connectivity index (χ1) is 7.36. The summed E-state index contributed by atoms with van der Waals surface area (Å²) in [5.74, 6) is 0. The second-order valence-electron chi connectivity index (χ2n) is 4.24. The molecule has 2 rings (SSSR count). The molecule has 1 saturated carbocycles. The van der Waals surface area contributed by atoms with E-state index in [0.717, 1.165) is 0 Å². The molecular weight excluding hydrogens is 222 g/mol. The highest BCUT2D eigenvalue weighted by Gasteiger charge is 2.20. The fourth-order valence-electron chi connectivity index (χ4n) is 2.11. The van der Waals surface area contributed by atoms with E-state index in [2.05, 4.69) is 17.5 Å². The van der Waals surface area contributed by atoms with Crippen molar-refractivity contribution in [3.05, 3.63) is 17.5 Å². The molecule has 1 aromatic rings. The standard InChI is InChI=1S/C12H19NS2/c13-10-6-3-1-2-4-7-11(10)15-12-8-5-9-14-12/h5,8-11H,1-4,6-7,13H2. The lowest BCUT2D eigenvalue weighted by Crippen LogP contribution is -2.33. The number of rotatable bonds is 2. The molecule has 0 saturated heterocycles. The lowest BCUT2D eigenvalue weighted by Gasteiger charge is -2.25. The van der Waals surface area contributed by atoms with Crippen molar-refractivity contribution >= 4 is 23.1 Å². The average molecular weight is 241 g/mol. The van der Waals surface area contributed by atoms with Crippen LogP contribution in [-0.2, 0) is 0 Å². The topological polar surface area (TPSA) is 26.0 Å². The van der Waals surface area contributed by atoms with Crippen LogP contribution in [0.25, 0.3) is 0 Å². The second kappa shape index (κ2) is 5.92. The number of nitrogens with two attached hydrogens (primary N) is 1. The van der Waals surface area contributed by atoms with Crippen LogP contribution in [0.2, 0.25) is 0 Å². The molecule has 0 spiro atoms. The molecule has 1 aliphatic carbocycles. The van der Waals surface area contributed by atoms with Crippen molar-refractivity contribution in [2.75, 3.05) is 0 Å². The minimum absolute atomic E-state index is 0.400. The Bertz CT molecular complexity index is 271. The average Bonchev–Trinajstić information content (AvgIpc) is 2.70. The molecule has 0 amide bonds. The van der Waals surface area contributed by atoms with Crippen molar-refractivity contribution in [2.45, 2.75) is 54.0 Å². The largest absolute Gasteiger partial charge is 0.327 e. The Hall–Kier alpha value is 0.01000. The van der Waals surface area contributed by atoms with E-state index in [1.165, 1.54) is 42.7 Å². The molecule has 1 aromatic heterocycles. The van der Waals surface area contributed by atoms with Crippen LogP contribution >= 0.6 is 23.1 Å². The van der Waals surface area contributed by atoms with E-state index in [4.69, 9.17) is 5.73 Å². The Kier molecular flexibility index (Phi) is 4.54. The number of hydrogen-bond acceptors (Lipinski definition) is 3. The Labute approximate surface area is 100 Å². The summed E-state index contributed by atoms with van der Waals surface area (Å²) in [6, 6.07) is 4.74. The third-order valence-corrected chi connectivity index (χ3v) is 5.51. The smallest absolute Gasteiger partial charge is 0.0601 e. The number of thioether (sulfide) groups is 1. The summed E-state index contributed by atoms with van der Waals surface area (Å²) in [6.45, 7) is 0. The predicted molar refractivity (Wildman–Crippen MR) is 69.6 cm³/mol. The van der Waals surface area contributed by atoms with Crippen LogP contribution in [0.4, 0.5) is 0 Å². The molecule has 0 aliphatic heterocycles. The number of thiophene rings is 1. The lowest BCUT2D eigenvalue weighted by atomic mass is 9.97. The molecule has 0 radical (unpaired) electrons. The van der Waals surface area contributed by atoms with E-state index in [1.807, 2.05) is 23.1 Å². The summed E-state index contributed by atoms with van der Waals surface area (Å²) in [5.41, 5.74) is 6.25. The first-order valence-electron chi connectivity index (χ1n) is 5.82. The van der Waals surface area contributed by atoms with Gasteiger partial charge in [-0.05, 0) is 24.3 Å². The van der Waals surface area contributed by atoms with Gasteiger partial charge in [0.2, 0.25) is 0 Å². The van der Waals surface area contributed by atoms with Gasteiger partial charge in [0.15, 0.2) is 0 Å². The van der Waals surface area contributed by atoms with Gasteiger partial charge >= 0.3 is 0 Å². The summed E-state index contributed by atoms with van der Waals surface area (Å²) in [7, 11) is 0. The molecule has 2 N–H and O–H groups in total. The third-order valence-electron chi connectivity index (χ3n) is 3.02. The number of hydrogen-bond donors (Lipinski definition) is 1. The minimum atomic E-state index is 0.400. The van der Waals surface area contributed by atoms with Gasteiger partial charge in [-0.1, -0.05) is 31.7 Å². The fourth-order valence-corrected chi connectivity index (χ4v) is 4.36. The monoisotopic (exact) mass is 241 g/mol. The van der Waals surface area contributed by atoms with Crippen LogP contribution in [0, 0.1) is 0 Å². The summed E-state index contributed by atoms with van der Waals surface area (Å²) in [4.78, 5) is 0. The maximum atomic E-state index is 6.25. The third kappa shape index (κ3) is 3.51. The van der Waals surface area contributed by atoms with Crippen molar-refractivity contribution in [3.63, 3.8) is 0 Å². The van der Waals surface area contributed by atoms with Crippen LogP contribution in [0.5, 0.6) is 0 Å². The molecule has 2 unspecified atom stereocenters. The van der Waals surface area contributed by atoms with Gasteiger partial charge in [-0.25, -0.2) is 0 Å².